The predicted octanol–water partition coefficient (Wildman–Crippen LogP) is 16.9. The second kappa shape index (κ2) is 16.3. The van der Waals surface area contributed by atoms with Crippen molar-refractivity contribution in [2.45, 2.75) is 32.1 Å². The van der Waals surface area contributed by atoms with E-state index in [9.17, 15) is 0 Å². The fraction of sp³-hybridized carbons (Fsp3) is 0.0806. The van der Waals surface area contributed by atoms with Gasteiger partial charge in [-0.25, -0.2) is 0 Å². The van der Waals surface area contributed by atoms with Crippen LogP contribution in [0.1, 0.15) is 48.8 Å². The molecule has 0 N–H and O–H groups in total. The summed E-state index contributed by atoms with van der Waals surface area (Å²) in [7, 11) is 0. The summed E-state index contributed by atoms with van der Waals surface area (Å²) in [6, 6.07) is 79.0. The molecule has 0 aliphatic carbocycles. The van der Waals surface area contributed by atoms with Gasteiger partial charge in [0.1, 0.15) is 11.2 Å². The topological polar surface area (TPSA) is 30.4 Å². The van der Waals surface area contributed by atoms with Crippen molar-refractivity contribution in [1.82, 2.24) is 4.57 Å². The minimum atomic E-state index is 0.113. The number of aliphatic imine (C=N–C) groups is 1. The van der Waals surface area contributed by atoms with Crippen LogP contribution in [0.25, 0.3) is 88.5 Å². The van der Waals surface area contributed by atoms with Crippen molar-refractivity contribution >= 4 is 55.2 Å². The Morgan fingerprint density at radius 1 is 0.462 bits per heavy atom. The lowest BCUT2D eigenvalue weighted by Crippen LogP contribution is -2.06. The van der Waals surface area contributed by atoms with Crippen LogP contribution < -0.4 is 0 Å². The number of furan rings is 1. The molecule has 1 aliphatic heterocycles. The van der Waals surface area contributed by atoms with Gasteiger partial charge in [0, 0.05) is 44.4 Å². The van der Waals surface area contributed by atoms with Gasteiger partial charge in [-0.1, -0.05) is 165 Å². The highest BCUT2D eigenvalue weighted by atomic mass is 16.3. The molecular formula is C62H46N2O. The number of fused-ring (bicyclic) bond motifs is 6. The van der Waals surface area contributed by atoms with E-state index in [0.29, 0.717) is 0 Å². The van der Waals surface area contributed by atoms with Crippen LogP contribution in [-0.2, 0) is 0 Å². The van der Waals surface area contributed by atoms with Crippen molar-refractivity contribution in [3.05, 3.63) is 241 Å². The molecule has 11 aromatic rings. The zero-order chi connectivity index (χ0) is 43.3. The molecule has 0 spiro atoms. The molecule has 0 bridgehead atoms. The standard InChI is InChI=1S/C62H46N2O/c1-2-50-51(33-34-56(47-23-14-21-43(37-47)41-17-6-3-7-18-41)63-62(50)48-24-15-22-44(38-48)42-19-8-4-9-20-42)53-28-16-30-60-61(53)55-40-46(32-36-59(55)65-60)45-31-35-58-54(39-45)52-27-12-13-29-57(52)64(58)49-25-10-5-11-26-49/h3-32,35-40,51H,2,33-34H2,1H3. The average molecular weight is 835 g/mol. The molecule has 1 atom stereocenters. The van der Waals surface area contributed by atoms with Gasteiger partial charge in [-0.3, -0.25) is 4.99 Å². The van der Waals surface area contributed by atoms with E-state index in [1.807, 2.05) is 0 Å². The highest BCUT2D eigenvalue weighted by Gasteiger charge is 2.28. The normalized spacial score (nSPS) is 14.4. The zero-order valence-corrected chi connectivity index (χ0v) is 36.3. The molecule has 0 amide bonds. The lowest BCUT2D eigenvalue weighted by Gasteiger charge is -2.22. The predicted molar refractivity (Wildman–Crippen MR) is 273 cm³/mol. The zero-order valence-electron chi connectivity index (χ0n) is 36.3. The first-order chi connectivity index (χ1) is 32.2. The van der Waals surface area contributed by atoms with Gasteiger partial charge in [0.2, 0.25) is 0 Å². The van der Waals surface area contributed by atoms with Crippen molar-refractivity contribution in [1.29, 1.82) is 0 Å². The maximum Gasteiger partial charge on any atom is 0.135 e. The SMILES string of the molecule is CCC1=C(c2cccc(-c3ccccc3)c2)N=C(c2cccc(-c3ccccc3)c2)CCC1c1cccc2oc3ccc(-c4ccc5c(c4)c4ccccc4n5-c4ccccc4)cc3c12. The second-order valence-electron chi connectivity index (χ2n) is 17.2. The summed E-state index contributed by atoms with van der Waals surface area (Å²) in [5.74, 6) is 0.113. The van der Waals surface area contributed by atoms with Gasteiger partial charge < -0.3 is 8.98 Å². The molecule has 65 heavy (non-hydrogen) atoms. The molecule has 0 fully saturated rings. The molecule has 12 rings (SSSR count). The molecule has 9 aromatic carbocycles. The molecule has 0 saturated heterocycles. The third kappa shape index (κ3) is 6.88. The molecule has 3 nitrogen and oxygen atoms in total. The number of benzene rings is 9. The Morgan fingerprint density at radius 3 is 1.77 bits per heavy atom. The van der Waals surface area contributed by atoms with Crippen LogP contribution in [-0.4, -0.2) is 10.3 Å². The van der Waals surface area contributed by atoms with Gasteiger partial charge in [-0.05, 0) is 130 Å². The third-order valence-electron chi connectivity index (χ3n) is 13.5. The van der Waals surface area contributed by atoms with Gasteiger partial charge in [0.15, 0.2) is 0 Å². The first kappa shape index (κ1) is 38.6. The Hall–Kier alpha value is -8.01. The Kier molecular flexibility index (Phi) is 9.68. The van der Waals surface area contributed by atoms with E-state index >= 15 is 0 Å². The average Bonchev–Trinajstić information content (AvgIpc) is 3.85. The van der Waals surface area contributed by atoms with Crippen LogP contribution in [0, 0.1) is 0 Å². The number of rotatable bonds is 8. The summed E-state index contributed by atoms with van der Waals surface area (Å²) in [4.78, 5) is 5.74. The van der Waals surface area contributed by atoms with Crippen LogP contribution in [0.5, 0.6) is 0 Å². The van der Waals surface area contributed by atoms with Gasteiger partial charge >= 0.3 is 0 Å². The van der Waals surface area contributed by atoms with Crippen LogP contribution in [0.3, 0.4) is 0 Å². The number of nitrogens with zero attached hydrogens (tertiary/aromatic N) is 2. The summed E-state index contributed by atoms with van der Waals surface area (Å²) in [5.41, 5.74) is 19.7. The van der Waals surface area contributed by atoms with Crippen molar-refractivity contribution in [2.75, 3.05) is 0 Å². The Balaban J connectivity index is 1.01. The monoisotopic (exact) mass is 834 g/mol. The Bertz CT molecular complexity index is 3630. The molecule has 1 aliphatic rings. The smallest absolute Gasteiger partial charge is 0.135 e. The quantitative estimate of drug-likeness (QED) is 0.150. The van der Waals surface area contributed by atoms with Crippen LogP contribution in [0.2, 0.25) is 0 Å². The molecule has 3 heterocycles. The van der Waals surface area contributed by atoms with Crippen LogP contribution in [0.15, 0.2) is 233 Å². The van der Waals surface area contributed by atoms with E-state index in [2.05, 4.69) is 230 Å². The summed E-state index contributed by atoms with van der Waals surface area (Å²) < 4.78 is 9.10. The molecule has 1 unspecified atom stereocenters. The molecule has 0 saturated carbocycles. The van der Waals surface area contributed by atoms with E-state index in [4.69, 9.17) is 9.41 Å². The summed E-state index contributed by atoms with van der Waals surface area (Å²) in [5, 5.41) is 4.82. The van der Waals surface area contributed by atoms with Crippen molar-refractivity contribution in [3.63, 3.8) is 0 Å². The maximum absolute atomic E-state index is 6.73. The second-order valence-corrected chi connectivity index (χ2v) is 17.2. The molecule has 0 radical (unpaired) electrons. The highest BCUT2D eigenvalue weighted by Crippen LogP contribution is 2.46. The van der Waals surface area contributed by atoms with Crippen LogP contribution in [0.4, 0.5) is 0 Å². The number of aromatic nitrogens is 1. The minimum Gasteiger partial charge on any atom is -0.456 e. The Labute approximate surface area is 379 Å². The fourth-order valence-corrected chi connectivity index (χ4v) is 10.4. The number of hydrogen-bond donors (Lipinski definition) is 0. The van der Waals surface area contributed by atoms with E-state index in [0.717, 1.165) is 58.5 Å². The van der Waals surface area contributed by atoms with Crippen molar-refractivity contribution in [2.24, 2.45) is 4.99 Å². The molecular weight excluding hydrogens is 789 g/mol. The van der Waals surface area contributed by atoms with Gasteiger partial charge in [0.25, 0.3) is 0 Å². The maximum atomic E-state index is 6.73. The fourth-order valence-electron chi connectivity index (χ4n) is 10.4. The van der Waals surface area contributed by atoms with E-state index in [1.54, 1.807) is 0 Å². The van der Waals surface area contributed by atoms with Gasteiger partial charge in [-0.2, -0.15) is 0 Å². The van der Waals surface area contributed by atoms with Crippen LogP contribution >= 0.6 is 0 Å². The molecule has 2 aromatic heterocycles. The van der Waals surface area contributed by atoms with E-state index in [1.165, 1.54) is 77.3 Å². The van der Waals surface area contributed by atoms with Crippen molar-refractivity contribution in [3.8, 4) is 39.1 Å². The molecule has 310 valence electrons. The number of allylic oxidation sites excluding steroid dienone is 1. The van der Waals surface area contributed by atoms with Gasteiger partial charge in [-0.15, -0.1) is 0 Å². The number of para-hydroxylation sites is 2. The minimum absolute atomic E-state index is 0.113. The first-order valence-electron chi connectivity index (χ1n) is 22.8. The number of hydrogen-bond acceptors (Lipinski definition) is 2. The summed E-state index contributed by atoms with van der Waals surface area (Å²) in [6.45, 7) is 2.30. The molecule has 3 heteroatoms. The summed E-state index contributed by atoms with van der Waals surface area (Å²) >= 11 is 0. The largest absolute Gasteiger partial charge is 0.456 e. The van der Waals surface area contributed by atoms with E-state index < -0.39 is 0 Å². The summed E-state index contributed by atoms with van der Waals surface area (Å²) in [6.07, 6.45) is 2.62. The van der Waals surface area contributed by atoms with E-state index in [-0.39, 0.29) is 5.92 Å². The lowest BCUT2D eigenvalue weighted by molar-refractivity contribution is 0.667. The third-order valence-corrected chi connectivity index (χ3v) is 13.5. The lowest BCUT2D eigenvalue weighted by atomic mass is 9.81. The Morgan fingerprint density at radius 2 is 1.03 bits per heavy atom. The van der Waals surface area contributed by atoms with Crippen molar-refractivity contribution < 1.29 is 4.42 Å². The van der Waals surface area contributed by atoms with Gasteiger partial charge in [0.05, 0.1) is 16.7 Å². The highest BCUT2D eigenvalue weighted by molar-refractivity contribution is 6.12. The first-order valence-corrected chi connectivity index (χ1v) is 22.8.